The van der Waals surface area contributed by atoms with Gasteiger partial charge in [0, 0.05) is 19.4 Å². The van der Waals surface area contributed by atoms with Crippen LogP contribution in [-0.2, 0) is 14.3 Å². The molecule has 1 amide bonds. The maximum atomic E-state index is 11.6. The van der Waals surface area contributed by atoms with Crippen molar-refractivity contribution in [1.82, 2.24) is 5.32 Å². The molecular formula is C14H25NO4. The van der Waals surface area contributed by atoms with Crippen LogP contribution in [0, 0.1) is 5.92 Å². The van der Waals surface area contributed by atoms with Gasteiger partial charge >= 0.3 is 5.97 Å². The molecule has 110 valence electrons. The van der Waals surface area contributed by atoms with E-state index in [9.17, 15) is 9.59 Å². The molecule has 0 aromatic rings. The lowest BCUT2D eigenvalue weighted by Gasteiger charge is -2.21. The van der Waals surface area contributed by atoms with Crippen LogP contribution in [0.25, 0.3) is 0 Å². The predicted molar refractivity (Wildman–Crippen MR) is 71.8 cm³/mol. The Labute approximate surface area is 114 Å². The molecule has 0 radical (unpaired) electrons. The number of rotatable bonds is 8. The number of hydrogen-bond donors (Lipinski definition) is 2. The summed E-state index contributed by atoms with van der Waals surface area (Å²) in [5.74, 6) is -0.495. The van der Waals surface area contributed by atoms with E-state index < -0.39 is 12.0 Å². The first-order valence-electron chi connectivity index (χ1n) is 6.94. The summed E-state index contributed by atoms with van der Waals surface area (Å²) in [5, 5.41) is 11.6. The van der Waals surface area contributed by atoms with Crippen molar-refractivity contribution in [2.45, 2.75) is 64.5 Å². The minimum atomic E-state index is -1.00. The summed E-state index contributed by atoms with van der Waals surface area (Å²) in [5.41, 5.74) is -0.293. The molecule has 5 nitrogen and oxygen atoms in total. The summed E-state index contributed by atoms with van der Waals surface area (Å²) in [6.07, 6.45) is 4.00. The standard InChI is InChI=1S/C14H25NO4/c1-14(2,3)19-9-8-11(13(17)18)15-12(16)7-6-10-4-5-10/h10-11H,4-9H2,1-3H3,(H,15,16)(H,17,18). The fourth-order valence-corrected chi connectivity index (χ4v) is 1.75. The van der Waals surface area contributed by atoms with Crippen LogP contribution >= 0.6 is 0 Å². The first-order valence-corrected chi connectivity index (χ1v) is 6.94. The van der Waals surface area contributed by atoms with E-state index in [2.05, 4.69) is 5.32 Å². The number of carboxylic acid groups (broad SMARTS) is 1. The topological polar surface area (TPSA) is 75.6 Å². The molecule has 0 bridgehead atoms. The van der Waals surface area contributed by atoms with Gasteiger partial charge in [0.25, 0.3) is 0 Å². The highest BCUT2D eigenvalue weighted by atomic mass is 16.5. The lowest BCUT2D eigenvalue weighted by atomic mass is 10.1. The van der Waals surface area contributed by atoms with Crippen LogP contribution in [0.1, 0.15) is 52.9 Å². The van der Waals surface area contributed by atoms with E-state index in [-0.39, 0.29) is 11.5 Å². The average molecular weight is 271 g/mol. The number of ether oxygens (including phenoxy) is 1. The molecule has 19 heavy (non-hydrogen) atoms. The van der Waals surface area contributed by atoms with Gasteiger partial charge < -0.3 is 15.2 Å². The number of nitrogens with one attached hydrogen (secondary N) is 1. The van der Waals surface area contributed by atoms with Crippen LogP contribution in [0.2, 0.25) is 0 Å². The molecule has 1 aliphatic carbocycles. The Kier molecular flexibility index (Phi) is 5.79. The fraction of sp³-hybridized carbons (Fsp3) is 0.857. The first-order chi connectivity index (χ1) is 8.78. The van der Waals surface area contributed by atoms with E-state index in [0.29, 0.717) is 25.4 Å². The predicted octanol–water partition coefficient (Wildman–Crippen LogP) is 1.95. The number of hydrogen-bond acceptors (Lipinski definition) is 3. The van der Waals surface area contributed by atoms with Crippen molar-refractivity contribution in [3.05, 3.63) is 0 Å². The van der Waals surface area contributed by atoms with E-state index in [0.717, 1.165) is 6.42 Å². The van der Waals surface area contributed by atoms with Crippen molar-refractivity contribution in [3.63, 3.8) is 0 Å². The Morgan fingerprint density at radius 3 is 2.47 bits per heavy atom. The molecular weight excluding hydrogens is 246 g/mol. The van der Waals surface area contributed by atoms with Gasteiger partial charge in [0.15, 0.2) is 0 Å². The molecule has 1 atom stereocenters. The number of amides is 1. The van der Waals surface area contributed by atoms with Crippen LogP contribution in [0.4, 0.5) is 0 Å². The Morgan fingerprint density at radius 1 is 1.37 bits per heavy atom. The van der Waals surface area contributed by atoms with Crippen molar-refractivity contribution in [2.24, 2.45) is 5.92 Å². The third kappa shape index (κ3) is 7.82. The number of aliphatic carboxylic acids is 1. The second kappa shape index (κ2) is 6.89. The normalized spacial score (nSPS) is 17.0. The number of carbonyl (C=O) groups excluding carboxylic acids is 1. The Morgan fingerprint density at radius 2 is 2.00 bits per heavy atom. The second-order valence-electron chi connectivity index (χ2n) is 6.19. The third-order valence-corrected chi connectivity index (χ3v) is 3.05. The van der Waals surface area contributed by atoms with E-state index in [4.69, 9.17) is 9.84 Å². The van der Waals surface area contributed by atoms with Crippen LogP contribution < -0.4 is 5.32 Å². The maximum absolute atomic E-state index is 11.6. The third-order valence-electron chi connectivity index (χ3n) is 3.05. The van der Waals surface area contributed by atoms with Gasteiger partial charge in [-0.15, -0.1) is 0 Å². The molecule has 0 aromatic heterocycles. The Bertz CT molecular complexity index is 318. The van der Waals surface area contributed by atoms with Crippen LogP contribution in [0.5, 0.6) is 0 Å². The van der Waals surface area contributed by atoms with Gasteiger partial charge in [-0.2, -0.15) is 0 Å². The number of carboxylic acids is 1. The summed E-state index contributed by atoms with van der Waals surface area (Å²) in [4.78, 5) is 22.7. The zero-order chi connectivity index (χ0) is 14.5. The zero-order valence-corrected chi connectivity index (χ0v) is 12.1. The smallest absolute Gasteiger partial charge is 0.326 e. The summed E-state index contributed by atoms with van der Waals surface area (Å²) >= 11 is 0. The molecule has 2 N–H and O–H groups in total. The van der Waals surface area contributed by atoms with E-state index in [1.54, 1.807) is 0 Å². The van der Waals surface area contributed by atoms with Gasteiger partial charge in [-0.3, -0.25) is 4.79 Å². The zero-order valence-electron chi connectivity index (χ0n) is 12.1. The van der Waals surface area contributed by atoms with Gasteiger partial charge in [0.2, 0.25) is 5.91 Å². The van der Waals surface area contributed by atoms with Crippen LogP contribution in [0.15, 0.2) is 0 Å². The molecule has 0 spiro atoms. The molecule has 1 unspecified atom stereocenters. The van der Waals surface area contributed by atoms with Crippen molar-refractivity contribution < 1.29 is 19.4 Å². The highest BCUT2D eigenvalue weighted by Gasteiger charge is 2.24. The molecule has 1 aliphatic rings. The van der Waals surface area contributed by atoms with E-state index in [1.807, 2.05) is 20.8 Å². The lowest BCUT2D eigenvalue weighted by molar-refractivity contribution is -0.142. The summed E-state index contributed by atoms with van der Waals surface area (Å²) < 4.78 is 5.49. The molecule has 0 aromatic carbocycles. The Hall–Kier alpha value is -1.10. The van der Waals surface area contributed by atoms with E-state index >= 15 is 0 Å². The fourth-order valence-electron chi connectivity index (χ4n) is 1.75. The summed E-state index contributed by atoms with van der Waals surface area (Å²) in [6, 6.07) is -0.853. The summed E-state index contributed by atoms with van der Waals surface area (Å²) in [6.45, 7) is 6.06. The van der Waals surface area contributed by atoms with Gasteiger partial charge in [0.05, 0.1) is 5.60 Å². The summed E-state index contributed by atoms with van der Waals surface area (Å²) in [7, 11) is 0. The molecule has 0 saturated heterocycles. The van der Waals surface area contributed by atoms with Crippen molar-refractivity contribution >= 4 is 11.9 Å². The van der Waals surface area contributed by atoms with Crippen molar-refractivity contribution in [1.29, 1.82) is 0 Å². The van der Waals surface area contributed by atoms with Gasteiger partial charge in [-0.25, -0.2) is 4.79 Å². The highest BCUT2D eigenvalue weighted by molar-refractivity contribution is 5.83. The monoisotopic (exact) mass is 271 g/mol. The van der Waals surface area contributed by atoms with E-state index in [1.165, 1.54) is 12.8 Å². The molecule has 1 saturated carbocycles. The first kappa shape index (κ1) is 16.0. The minimum absolute atomic E-state index is 0.171. The Balaban J connectivity index is 2.26. The van der Waals surface area contributed by atoms with Crippen molar-refractivity contribution in [2.75, 3.05) is 6.61 Å². The van der Waals surface area contributed by atoms with Gasteiger partial charge in [0.1, 0.15) is 6.04 Å². The number of carbonyl (C=O) groups is 2. The quantitative estimate of drug-likeness (QED) is 0.707. The molecule has 5 heteroatoms. The lowest BCUT2D eigenvalue weighted by Crippen LogP contribution is -2.42. The second-order valence-corrected chi connectivity index (χ2v) is 6.19. The average Bonchev–Trinajstić information content (AvgIpc) is 3.06. The maximum Gasteiger partial charge on any atom is 0.326 e. The van der Waals surface area contributed by atoms with Gasteiger partial charge in [-0.1, -0.05) is 12.8 Å². The largest absolute Gasteiger partial charge is 0.480 e. The van der Waals surface area contributed by atoms with Crippen LogP contribution in [-0.4, -0.2) is 35.2 Å². The molecule has 0 heterocycles. The SMILES string of the molecule is CC(C)(C)OCCC(NC(=O)CCC1CC1)C(=O)O. The molecule has 1 fully saturated rings. The van der Waals surface area contributed by atoms with Gasteiger partial charge in [-0.05, 0) is 33.1 Å². The van der Waals surface area contributed by atoms with Crippen molar-refractivity contribution in [3.8, 4) is 0 Å². The molecule has 1 rings (SSSR count). The highest BCUT2D eigenvalue weighted by Crippen LogP contribution is 2.33. The molecule has 0 aliphatic heterocycles. The minimum Gasteiger partial charge on any atom is -0.480 e. The van der Waals surface area contributed by atoms with Crippen LogP contribution in [0.3, 0.4) is 0 Å².